The average molecular weight is 321 g/mol. The van der Waals surface area contributed by atoms with E-state index in [1.54, 1.807) is 4.90 Å². The summed E-state index contributed by atoms with van der Waals surface area (Å²) in [7, 11) is 2.28. The number of benzene rings is 1. The third-order valence-electron chi connectivity index (χ3n) is 5.77. The second-order valence-corrected chi connectivity index (χ2v) is 7.27. The van der Waals surface area contributed by atoms with Crippen molar-refractivity contribution in [2.24, 2.45) is 5.92 Å². The van der Waals surface area contributed by atoms with E-state index in [0.717, 1.165) is 25.8 Å². The van der Waals surface area contributed by atoms with Crippen LogP contribution >= 0.6 is 0 Å². The third kappa shape index (κ3) is 2.35. The summed E-state index contributed by atoms with van der Waals surface area (Å²) in [6.07, 6.45) is 4.56. The number of fused-ring (bicyclic) bond motifs is 3. The average Bonchev–Trinajstić information content (AvgIpc) is 2.70. The number of aryl methyl sites for hydroxylation is 1. The number of rotatable bonds is 1. The van der Waals surface area contributed by atoms with Crippen molar-refractivity contribution < 1.29 is 22.1 Å². The molecule has 1 unspecified atom stereocenters. The van der Waals surface area contributed by atoms with Crippen molar-refractivity contribution >= 4 is 11.6 Å². The highest BCUT2D eigenvalue weighted by Crippen LogP contribution is 2.45. The van der Waals surface area contributed by atoms with Crippen molar-refractivity contribution in [2.75, 3.05) is 25.0 Å². The topological polar surface area (TPSA) is 24.8 Å². The molecule has 4 rings (SSSR count). The van der Waals surface area contributed by atoms with Gasteiger partial charge in [-0.1, -0.05) is 24.1 Å². The molecule has 1 aromatic carbocycles. The number of hydrogen-bond acceptors (Lipinski definition) is 1. The quantitative estimate of drug-likeness (QED) is 0.670. The molecule has 1 amide bonds. The van der Waals surface area contributed by atoms with Crippen LogP contribution in [0.25, 0.3) is 0 Å². The van der Waals surface area contributed by atoms with Crippen LogP contribution in [0.3, 0.4) is 0 Å². The lowest BCUT2D eigenvalue weighted by atomic mass is 9.83. The van der Waals surface area contributed by atoms with Crippen LogP contribution in [0.15, 0.2) is 18.2 Å². The number of nitrogens with zero attached hydrogens (tertiary/aromatic N) is 1. The Balaban J connectivity index is 0.00000144. The van der Waals surface area contributed by atoms with Gasteiger partial charge in [-0.05, 0) is 31.4 Å². The van der Waals surface area contributed by atoms with Gasteiger partial charge in [-0.15, -0.1) is 0 Å². The van der Waals surface area contributed by atoms with Gasteiger partial charge in [-0.2, -0.15) is 0 Å². The Labute approximate surface area is 139 Å². The highest BCUT2D eigenvalue weighted by Gasteiger charge is 2.47. The normalized spacial score (nSPS) is 30.1. The fraction of sp³-hybridized carbons (Fsp3) is 0.611. The van der Waals surface area contributed by atoms with Crippen LogP contribution in [0.5, 0.6) is 0 Å². The fourth-order valence-electron chi connectivity index (χ4n) is 4.34. The zero-order valence-electron chi connectivity index (χ0n) is 13.4. The van der Waals surface area contributed by atoms with Crippen molar-refractivity contribution in [1.82, 2.24) is 0 Å². The second kappa shape index (κ2) is 5.86. The molecule has 120 valence electrons. The monoisotopic (exact) mass is 320 g/mol. The molecule has 4 heteroatoms. The van der Waals surface area contributed by atoms with Crippen molar-refractivity contribution in [3.8, 4) is 0 Å². The van der Waals surface area contributed by atoms with E-state index >= 15 is 0 Å². The van der Waals surface area contributed by atoms with E-state index in [2.05, 4.69) is 37.1 Å². The van der Waals surface area contributed by atoms with Crippen LogP contribution in [-0.2, 0) is 4.79 Å². The van der Waals surface area contributed by atoms with Gasteiger partial charge in [0.15, 0.2) is 0 Å². The van der Waals surface area contributed by atoms with Gasteiger partial charge in [0, 0.05) is 18.0 Å². The number of amides is 1. The molecule has 3 nitrogen and oxygen atoms in total. The van der Waals surface area contributed by atoms with Crippen molar-refractivity contribution in [3.63, 3.8) is 0 Å². The Kier molecular flexibility index (Phi) is 4.21. The minimum atomic E-state index is 0. The summed E-state index contributed by atoms with van der Waals surface area (Å²) in [5, 5.41) is 0. The van der Waals surface area contributed by atoms with E-state index in [1.165, 1.54) is 29.8 Å². The molecule has 2 aliphatic heterocycles. The molecule has 0 aromatic heterocycles. The minimum absolute atomic E-state index is 0. The van der Waals surface area contributed by atoms with Gasteiger partial charge in [0.2, 0.25) is 5.91 Å². The Morgan fingerprint density at radius 3 is 2.73 bits per heavy atom. The number of carbonyl (C=O) groups excluding carboxylic acids is 1. The van der Waals surface area contributed by atoms with Crippen molar-refractivity contribution in [2.45, 2.75) is 44.6 Å². The van der Waals surface area contributed by atoms with Gasteiger partial charge in [-0.25, -0.2) is 0 Å². The van der Waals surface area contributed by atoms with Crippen LogP contribution in [0.4, 0.5) is 5.69 Å². The standard InChI is InChI=1S/C18H24N2O.ClH/c1-12-6-7-16-14(10-12)15-11-19(2)9-8-17(15)20(16)18(21)13-4-3-5-13;/h6-7,10,13,15,17H,3-5,8-9,11H2,1-2H3;1H/t15-,17+;/m0./s1. The predicted octanol–water partition coefficient (Wildman–Crippen LogP) is -1.48. The van der Waals surface area contributed by atoms with Crippen molar-refractivity contribution in [1.29, 1.82) is 0 Å². The van der Waals surface area contributed by atoms with Crippen LogP contribution < -0.4 is 22.2 Å². The minimum Gasteiger partial charge on any atom is -1.00 e. The first-order valence-corrected chi connectivity index (χ1v) is 8.40. The number of nitrogens with one attached hydrogen (secondary N) is 1. The van der Waals surface area contributed by atoms with E-state index in [1.807, 2.05) is 0 Å². The Morgan fingerprint density at radius 1 is 1.27 bits per heavy atom. The lowest BCUT2D eigenvalue weighted by molar-refractivity contribution is -0.886. The molecule has 22 heavy (non-hydrogen) atoms. The van der Waals surface area contributed by atoms with Crippen LogP contribution in [-0.4, -0.2) is 32.1 Å². The lowest BCUT2D eigenvalue weighted by Crippen LogP contribution is -3.11. The first kappa shape index (κ1) is 15.8. The number of quaternary nitrogens is 1. The third-order valence-corrected chi connectivity index (χ3v) is 5.77. The van der Waals surface area contributed by atoms with Crippen LogP contribution in [0.1, 0.15) is 42.7 Å². The smallest absolute Gasteiger partial charge is 0.230 e. The zero-order chi connectivity index (χ0) is 14.6. The molecule has 1 aromatic rings. The maximum atomic E-state index is 12.9. The van der Waals surface area contributed by atoms with Gasteiger partial charge in [0.1, 0.15) is 0 Å². The highest BCUT2D eigenvalue weighted by molar-refractivity contribution is 5.98. The molecule has 2 fully saturated rings. The van der Waals surface area contributed by atoms with Gasteiger partial charge in [0.05, 0.1) is 32.1 Å². The maximum absolute atomic E-state index is 12.9. The Bertz CT molecular complexity index is 584. The molecular weight excluding hydrogens is 296 g/mol. The first-order chi connectivity index (χ1) is 10.1. The SMILES string of the molecule is Cc1ccc2c(c1)[C@@H]1C[NH+](C)CC[C@H]1N2C(=O)C1CCC1.[Cl-]. The van der Waals surface area contributed by atoms with Crippen LogP contribution in [0, 0.1) is 12.8 Å². The Hall–Kier alpha value is -1.06. The number of anilines is 1. The number of halogens is 1. The number of carbonyl (C=O) groups is 1. The number of likely N-dealkylation sites (N-methyl/N-ethyl adjacent to an activating group) is 1. The van der Waals surface area contributed by atoms with E-state index in [4.69, 9.17) is 0 Å². The number of likely N-dealkylation sites (tertiary alicyclic amines) is 1. The molecular formula is C18H25ClN2O. The number of piperidine rings is 1. The van der Waals surface area contributed by atoms with Gasteiger partial charge >= 0.3 is 0 Å². The van der Waals surface area contributed by atoms with E-state index < -0.39 is 0 Å². The molecule has 1 saturated heterocycles. The Morgan fingerprint density at radius 2 is 2.05 bits per heavy atom. The molecule has 0 bridgehead atoms. The summed E-state index contributed by atoms with van der Waals surface area (Å²) in [6, 6.07) is 7.08. The summed E-state index contributed by atoms with van der Waals surface area (Å²) < 4.78 is 0. The molecule has 2 heterocycles. The van der Waals surface area contributed by atoms with Crippen molar-refractivity contribution in [3.05, 3.63) is 29.3 Å². The molecule has 3 atom stereocenters. The van der Waals surface area contributed by atoms with E-state index in [9.17, 15) is 4.79 Å². The molecule has 1 N–H and O–H groups in total. The van der Waals surface area contributed by atoms with E-state index in [0.29, 0.717) is 23.8 Å². The van der Waals surface area contributed by atoms with Gasteiger partial charge < -0.3 is 22.2 Å². The molecule has 1 saturated carbocycles. The molecule has 0 spiro atoms. The lowest BCUT2D eigenvalue weighted by Gasteiger charge is -2.37. The summed E-state index contributed by atoms with van der Waals surface area (Å²) >= 11 is 0. The summed E-state index contributed by atoms with van der Waals surface area (Å²) in [6.45, 7) is 4.50. The summed E-state index contributed by atoms with van der Waals surface area (Å²) in [5.74, 6) is 1.24. The number of hydrogen-bond donors (Lipinski definition) is 1. The maximum Gasteiger partial charge on any atom is 0.230 e. The molecule has 0 radical (unpaired) electrons. The van der Waals surface area contributed by atoms with Gasteiger partial charge in [0.25, 0.3) is 0 Å². The first-order valence-electron chi connectivity index (χ1n) is 8.40. The zero-order valence-corrected chi connectivity index (χ0v) is 14.2. The van der Waals surface area contributed by atoms with Crippen LogP contribution in [0.2, 0.25) is 0 Å². The van der Waals surface area contributed by atoms with Gasteiger partial charge in [-0.3, -0.25) is 4.79 Å². The molecule has 3 aliphatic rings. The fourth-order valence-corrected chi connectivity index (χ4v) is 4.34. The second-order valence-electron chi connectivity index (χ2n) is 7.27. The largest absolute Gasteiger partial charge is 1.00 e. The summed E-state index contributed by atoms with van der Waals surface area (Å²) in [5.41, 5.74) is 3.95. The summed E-state index contributed by atoms with van der Waals surface area (Å²) in [4.78, 5) is 16.7. The highest BCUT2D eigenvalue weighted by atomic mass is 35.5. The van der Waals surface area contributed by atoms with E-state index in [-0.39, 0.29) is 12.4 Å². The molecule has 1 aliphatic carbocycles. The predicted molar refractivity (Wildman–Crippen MR) is 83.8 cm³/mol.